The number of sulfone groups is 1. The van der Waals surface area contributed by atoms with E-state index in [2.05, 4.69) is 15.2 Å². The predicted molar refractivity (Wildman–Crippen MR) is 95.7 cm³/mol. The van der Waals surface area contributed by atoms with E-state index in [1.54, 1.807) is 27.8 Å². The summed E-state index contributed by atoms with van der Waals surface area (Å²) < 4.78 is 28.9. The molecule has 136 valence electrons. The Morgan fingerprint density at radius 1 is 1.30 bits per heavy atom. The van der Waals surface area contributed by atoms with Crippen LogP contribution in [0.25, 0.3) is 0 Å². The number of hydrogen-bond donors (Lipinski definition) is 1. The fourth-order valence-electron chi connectivity index (χ4n) is 2.51. The van der Waals surface area contributed by atoms with Crippen molar-refractivity contribution in [2.75, 3.05) is 46.2 Å². The van der Waals surface area contributed by atoms with Crippen molar-refractivity contribution >= 4 is 15.8 Å². The molecule has 0 amide bonds. The summed E-state index contributed by atoms with van der Waals surface area (Å²) in [5, 5.41) is 3.16. The number of aliphatic imine (C=N–C) groups is 1. The van der Waals surface area contributed by atoms with Gasteiger partial charge in [-0.25, -0.2) is 8.42 Å². The Morgan fingerprint density at radius 2 is 1.91 bits per heavy atom. The first-order valence-electron chi connectivity index (χ1n) is 8.39. The maximum Gasteiger partial charge on any atom is 0.193 e. The van der Waals surface area contributed by atoms with Crippen molar-refractivity contribution in [3.8, 4) is 0 Å². The number of ether oxygens (including phenoxy) is 1. The van der Waals surface area contributed by atoms with Crippen LogP contribution >= 0.6 is 0 Å². The fourth-order valence-corrected chi connectivity index (χ4v) is 3.49. The minimum atomic E-state index is -3.11. The Hall–Kier alpha value is -0.820. The fraction of sp³-hybridized carbons (Fsp3) is 0.938. The molecule has 1 rings (SSSR count). The molecule has 1 aliphatic heterocycles. The third kappa shape index (κ3) is 6.67. The summed E-state index contributed by atoms with van der Waals surface area (Å²) in [6.45, 7) is 8.23. The Balaban J connectivity index is 2.38. The number of nitrogens with zero attached hydrogens (tertiary/aromatic N) is 2. The summed E-state index contributed by atoms with van der Waals surface area (Å²) >= 11 is 0. The first kappa shape index (κ1) is 20.2. The van der Waals surface area contributed by atoms with E-state index >= 15 is 0 Å². The third-order valence-corrected chi connectivity index (χ3v) is 6.98. The van der Waals surface area contributed by atoms with Gasteiger partial charge in [-0.05, 0) is 46.0 Å². The van der Waals surface area contributed by atoms with Gasteiger partial charge in [0.15, 0.2) is 15.8 Å². The number of hydrogen-bond acceptors (Lipinski definition) is 4. The van der Waals surface area contributed by atoms with Gasteiger partial charge in [-0.3, -0.25) is 4.99 Å². The van der Waals surface area contributed by atoms with Gasteiger partial charge in [-0.1, -0.05) is 0 Å². The van der Waals surface area contributed by atoms with Gasteiger partial charge in [0.2, 0.25) is 0 Å². The molecular weight excluding hydrogens is 314 g/mol. The van der Waals surface area contributed by atoms with Crippen LogP contribution in [-0.2, 0) is 14.6 Å². The molecule has 1 heterocycles. The molecule has 1 N–H and O–H groups in total. The van der Waals surface area contributed by atoms with Gasteiger partial charge in [-0.2, -0.15) is 0 Å². The second kappa shape index (κ2) is 8.87. The van der Waals surface area contributed by atoms with E-state index in [4.69, 9.17) is 4.74 Å². The molecule has 0 spiro atoms. The maximum absolute atomic E-state index is 12.1. The van der Waals surface area contributed by atoms with Gasteiger partial charge in [-0.15, -0.1) is 0 Å². The highest BCUT2D eigenvalue weighted by Crippen LogP contribution is 2.18. The molecule has 0 radical (unpaired) electrons. The summed E-state index contributed by atoms with van der Waals surface area (Å²) in [5.41, 5.74) is 0. The zero-order chi connectivity index (χ0) is 17.5. The van der Waals surface area contributed by atoms with E-state index in [-0.39, 0.29) is 5.75 Å². The second-order valence-electron chi connectivity index (χ2n) is 7.17. The highest BCUT2D eigenvalue weighted by atomic mass is 32.2. The van der Waals surface area contributed by atoms with Crippen LogP contribution in [-0.4, -0.2) is 70.2 Å². The Bertz CT molecular complexity index is 477. The lowest BCUT2D eigenvalue weighted by molar-refractivity contribution is 0.0625. The van der Waals surface area contributed by atoms with Gasteiger partial charge in [0, 0.05) is 40.4 Å². The molecule has 23 heavy (non-hydrogen) atoms. The van der Waals surface area contributed by atoms with E-state index in [1.807, 2.05) is 7.05 Å². The van der Waals surface area contributed by atoms with Gasteiger partial charge in [0.05, 0.1) is 10.5 Å². The average molecular weight is 348 g/mol. The lowest BCUT2D eigenvalue weighted by Gasteiger charge is -2.27. The summed E-state index contributed by atoms with van der Waals surface area (Å²) in [6, 6.07) is 0. The van der Waals surface area contributed by atoms with Crippen LogP contribution in [0.15, 0.2) is 4.99 Å². The third-order valence-electron chi connectivity index (χ3n) is 4.37. The van der Waals surface area contributed by atoms with E-state index < -0.39 is 14.6 Å². The standard InChI is InChI=1S/C16H33N3O3S/c1-16(2,3)23(20,21)13-9-18-15(17-4)19(5)10-6-14-7-11-22-12-8-14/h14H,6-13H2,1-5H3,(H,17,18). The summed E-state index contributed by atoms with van der Waals surface area (Å²) in [6.07, 6.45) is 3.37. The van der Waals surface area contributed by atoms with Gasteiger partial charge in [0.1, 0.15) is 0 Å². The number of rotatable bonds is 6. The van der Waals surface area contributed by atoms with Crippen LogP contribution < -0.4 is 5.32 Å². The smallest absolute Gasteiger partial charge is 0.193 e. The number of guanidine groups is 1. The summed E-state index contributed by atoms with van der Waals surface area (Å²) in [7, 11) is 0.614. The molecule has 0 aromatic rings. The van der Waals surface area contributed by atoms with E-state index in [9.17, 15) is 8.42 Å². The second-order valence-corrected chi connectivity index (χ2v) is 10.0. The average Bonchev–Trinajstić information content (AvgIpc) is 2.49. The Kier molecular flexibility index (Phi) is 7.80. The van der Waals surface area contributed by atoms with Gasteiger partial charge >= 0.3 is 0 Å². The normalized spacial score (nSPS) is 18.0. The molecule has 1 saturated heterocycles. The maximum atomic E-state index is 12.1. The van der Waals surface area contributed by atoms with Crippen molar-refractivity contribution < 1.29 is 13.2 Å². The quantitative estimate of drug-likeness (QED) is 0.583. The van der Waals surface area contributed by atoms with Crippen LogP contribution in [0.2, 0.25) is 0 Å². The van der Waals surface area contributed by atoms with Gasteiger partial charge < -0.3 is 15.0 Å². The van der Waals surface area contributed by atoms with Crippen molar-refractivity contribution in [2.45, 2.75) is 44.8 Å². The molecule has 7 heteroatoms. The molecule has 6 nitrogen and oxygen atoms in total. The van der Waals surface area contributed by atoms with E-state index in [0.29, 0.717) is 12.5 Å². The van der Waals surface area contributed by atoms with Crippen LogP contribution in [0.1, 0.15) is 40.0 Å². The minimum absolute atomic E-state index is 0.114. The van der Waals surface area contributed by atoms with Crippen molar-refractivity contribution in [1.29, 1.82) is 0 Å². The predicted octanol–water partition coefficient (Wildman–Crippen LogP) is 1.52. The zero-order valence-electron chi connectivity index (χ0n) is 15.3. The van der Waals surface area contributed by atoms with Gasteiger partial charge in [0.25, 0.3) is 0 Å². The molecule has 0 aromatic carbocycles. The zero-order valence-corrected chi connectivity index (χ0v) is 16.1. The molecule has 1 fully saturated rings. The lowest BCUT2D eigenvalue weighted by atomic mass is 9.96. The SMILES string of the molecule is CN=C(NCCS(=O)(=O)C(C)(C)C)N(C)CCC1CCOCC1. The first-order chi connectivity index (χ1) is 10.7. The van der Waals surface area contributed by atoms with Crippen molar-refractivity contribution in [3.05, 3.63) is 0 Å². The molecule has 0 unspecified atom stereocenters. The van der Waals surface area contributed by atoms with E-state index in [0.717, 1.165) is 45.0 Å². The Labute approximate surface area is 141 Å². The molecule has 0 aromatic heterocycles. The molecule has 0 bridgehead atoms. The molecule has 0 saturated carbocycles. The van der Waals surface area contributed by atoms with Crippen LogP contribution in [0, 0.1) is 5.92 Å². The minimum Gasteiger partial charge on any atom is -0.381 e. The molecule has 0 atom stereocenters. The molecule has 1 aliphatic rings. The monoisotopic (exact) mass is 347 g/mol. The van der Waals surface area contributed by atoms with Crippen molar-refractivity contribution in [2.24, 2.45) is 10.9 Å². The highest BCUT2D eigenvalue weighted by Gasteiger charge is 2.28. The van der Waals surface area contributed by atoms with Crippen LogP contribution in [0.4, 0.5) is 0 Å². The number of nitrogens with one attached hydrogen (secondary N) is 1. The molecule has 0 aliphatic carbocycles. The topological polar surface area (TPSA) is 71.0 Å². The molecular formula is C16H33N3O3S. The van der Waals surface area contributed by atoms with E-state index in [1.165, 1.54) is 0 Å². The Morgan fingerprint density at radius 3 is 2.43 bits per heavy atom. The highest BCUT2D eigenvalue weighted by molar-refractivity contribution is 7.92. The van der Waals surface area contributed by atoms with Crippen molar-refractivity contribution in [3.63, 3.8) is 0 Å². The van der Waals surface area contributed by atoms with Crippen molar-refractivity contribution in [1.82, 2.24) is 10.2 Å². The summed E-state index contributed by atoms with van der Waals surface area (Å²) in [4.78, 5) is 6.31. The lowest BCUT2D eigenvalue weighted by Crippen LogP contribution is -2.43. The summed E-state index contributed by atoms with van der Waals surface area (Å²) in [5.74, 6) is 1.58. The first-order valence-corrected chi connectivity index (χ1v) is 10.0. The largest absolute Gasteiger partial charge is 0.381 e. The van der Waals surface area contributed by atoms with Crippen LogP contribution in [0.5, 0.6) is 0 Å². The van der Waals surface area contributed by atoms with Crippen LogP contribution in [0.3, 0.4) is 0 Å².